The van der Waals surface area contributed by atoms with E-state index in [9.17, 15) is 8.42 Å². The number of sulfonamides is 1. The van der Waals surface area contributed by atoms with Crippen LogP contribution >= 0.6 is 11.6 Å². The van der Waals surface area contributed by atoms with E-state index in [2.05, 4.69) is 4.72 Å². The Morgan fingerprint density at radius 1 is 1.31 bits per heavy atom. The Hall–Kier alpha value is 0.200. The molecule has 80 valence electrons. The number of hydrogen-bond donors (Lipinski definition) is 1. The van der Waals surface area contributed by atoms with E-state index in [-0.39, 0.29) is 11.2 Å². The standard InChI is InChI=1S/C8H18ClNO2S/c1-8(2,3)7-13(11,12)10-6-4-5-9/h10H,4-7H2,1-3H3. The summed E-state index contributed by atoms with van der Waals surface area (Å²) in [4.78, 5) is 0. The fourth-order valence-corrected chi connectivity index (χ4v) is 2.75. The summed E-state index contributed by atoms with van der Waals surface area (Å²) in [5, 5.41) is 0. The fourth-order valence-electron chi connectivity index (χ4n) is 0.916. The van der Waals surface area contributed by atoms with Crippen LogP contribution in [-0.4, -0.2) is 26.6 Å². The first-order valence-electron chi connectivity index (χ1n) is 4.30. The van der Waals surface area contributed by atoms with Gasteiger partial charge in [0.1, 0.15) is 0 Å². The predicted octanol–water partition coefficient (Wildman–Crippen LogP) is 1.58. The number of halogens is 1. The molecule has 0 spiro atoms. The number of rotatable bonds is 5. The van der Waals surface area contributed by atoms with Crippen molar-refractivity contribution in [3.63, 3.8) is 0 Å². The van der Waals surface area contributed by atoms with Crippen LogP contribution in [-0.2, 0) is 10.0 Å². The third-order valence-electron chi connectivity index (χ3n) is 1.26. The summed E-state index contributed by atoms with van der Waals surface area (Å²) in [6.07, 6.45) is 0.672. The molecule has 1 N–H and O–H groups in total. The third-order valence-corrected chi connectivity index (χ3v) is 3.41. The normalized spacial score (nSPS) is 13.2. The average molecular weight is 228 g/mol. The molecule has 0 saturated carbocycles. The van der Waals surface area contributed by atoms with E-state index < -0.39 is 10.0 Å². The van der Waals surface area contributed by atoms with E-state index in [1.165, 1.54) is 0 Å². The molecule has 0 aromatic heterocycles. The smallest absolute Gasteiger partial charge is 0.212 e. The third kappa shape index (κ3) is 8.53. The topological polar surface area (TPSA) is 46.2 Å². The molecule has 0 aromatic carbocycles. The highest BCUT2D eigenvalue weighted by Gasteiger charge is 2.20. The summed E-state index contributed by atoms with van der Waals surface area (Å²) >= 11 is 5.43. The van der Waals surface area contributed by atoms with Crippen LogP contribution in [0.5, 0.6) is 0 Å². The van der Waals surface area contributed by atoms with Crippen molar-refractivity contribution in [1.82, 2.24) is 4.72 Å². The largest absolute Gasteiger partial charge is 0.215 e. The van der Waals surface area contributed by atoms with Crippen molar-refractivity contribution in [2.75, 3.05) is 18.2 Å². The molecule has 0 aromatic rings. The van der Waals surface area contributed by atoms with Crippen molar-refractivity contribution >= 4 is 21.6 Å². The Morgan fingerprint density at radius 2 is 1.85 bits per heavy atom. The molecule has 0 radical (unpaired) electrons. The Kier molecular flexibility index (Phi) is 5.25. The molecule has 0 amide bonds. The lowest BCUT2D eigenvalue weighted by Crippen LogP contribution is -2.33. The van der Waals surface area contributed by atoms with Gasteiger partial charge in [-0.25, -0.2) is 13.1 Å². The number of alkyl halides is 1. The van der Waals surface area contributed by atoms with Gasteiger partial charge < -0.3 is 0 Å². The first kappa shape index (κ1) is 13.2. The van der Waals surface area contributed by atoms with Crippen molar-refractivity contribution in [3.8, 4) is 0 Å². The molecule has 0 aliphatic rings. The fraction of sp³-hybridized carbons (Fsp3) is 1.00. The van der Waals surface area contributed by atoms with Crippen LogP contribution < -0.4 is 4.72 Å². The highest BCUT2D eigenvalue weighted by Crippen LogP contribution is 2.15. The molecule has 13 heavy (non-hydrogen) atoms. The molecular formula is C8H18ClNO2S. The molecule has 0 fully saturated rings. The van der Waals surface area contributed by atoms with E-state index >= 15 is 0 Å². The zero-order chi connectivity index (χ0) is 10.5. The van der Waals surface area contributed by atoms with Gasteiger partial charge in [0, 0.05) is 12.4 Å². The van der Waals surface area contributed by atoms with Gasteiger partial charge in [-0.15, -0.1) is 11.6 Å². The van der Waals surface area contributed by atoms with Crippen molar-refractivity contribution in [2.24, 2.45) is 5.41 Å². The van der Waals surface area contributed by atoms with Gasteiger partial charge >= 0.3 is 0 Å². The maximum absolute atomic E-state index is 11.4. The first-order valence-corrected chi connectivity index (χ1v) is 6.49. The van der Waals surface area contributed by atoms with Gasteiger partial charge in [0.15, 0.2) is 0 Å². The molecule has 0 aliphatic carbocycles. The Morgan fingerprint density at radius 3 is 2.23 bits per heavy atom. The molecule has 3 nitrogen and oxygen atoms in total. The highest BCUT2D eigenvalue weighted by atomic mass is 35.5. The highest BCUT2D eigenvalue weighted by molar-refractivity contribution is 7.89. The maximum atomic E-state index is 11.4. The lowest BCUT2D eigenvalue weighted by atomic mass is 10.0. The van der Waals surface area contributed by atoms with Gasteiger partial charge in [-0.1, -0.05) is 20.8 Å². The van der Waals surface area contributed by atoms with Crippen LogP contribution in [0.25, 0.3) is 0 Å². The number of nitrogens with one attached hydrogen (secondary N) is 1. The molecule has 0 aliphatic heterocycles. The second-order valence-corrected chi connectivity index (χ2v) is 6.44. The van der Waals surface area contributed by atoms with Gasteiger partial charge in [-0.2, -0.15) is 0 Å². The van der Waals surface area contributed by atoms with Crippen LogP contribution in [0.1, 0.15) is 27.2 Å². The van der Waals surface area contributed by atoms with Crippen molar-refractivity contribution in [2.45, 2.75) is 27.2 Å². The lowest BCUT2D eigenvalue weighted by Gasteiger charge is -2.18. The van der Waals surface area contributed by atoms with Crippen LogP contribution in [0, 0.1) is 5.41 Å². The van der Waals surface area contributed by atoms with Gasteiger partial charge in [-0.05, 0) is 11.8 Å². The van der Waals surface area contributed by atoms with E-state index in [0.717, 1.165) is 0 Å². The molecule has 0 saturated heterocycles. The zero-order valence-electron chi connectivity index (χ0n) is 8.43. The monoisotopic (exact) mass is 227 g/mol. The molecule has 0 atom stereocenters. The Bertz CT molecular complexity index is 231. The SMILES string of the molecule is CC(C)(C)CS(=O)(=O)NCCCCl. The second-order valence-electron chi connectivity index (χ2n) is 4.26. The first-order chi connectivity index (χ1) is 5.77. The Balaban J connectivity index is 3.96. The minimum Gasteiger partial charge on any atom is -0.215 e. The van der Waals surface area contributed by atoms with E-state index in [1.54, 1.807) is 0 Å². The molecule has 0 heterocycles. The van der Waals surface area contributed by atoms with E-state index in [0.29, 0.717) is 18.8 Å². The summed E-state index contributed by atoms with van der Waals surface area (Å²) in [6.45, 7) is 6.12. The minimum absolute atomic E-state index is 0.155. The van der Waals surface area contributed by atoms with Crippen LogP contribution in [0.2, 0.25) is 0 Å². The summed E-state index contributed by atoms with van der Waals surface area (Å²) in [5.74, 6) is 0.639. The molecule has 0 unspecified atom stereocenters. The van der Waals surface area contributed by atoms with E-state index in [1.807, 2.05) is 20.8 Å². The van der Waals surface area contributed by atoms with Gasteiger partial charge in [0.2, 0.25) is 10.0 Å². The molecule has 5 heteroatoms. The van der Waals surface area contributed by atoms with Crippen LogP contribution in [0.3, 0.4) is 0 Å². The summed E-state index contributed by atoms with van der Waals surface area (Å²) < 4.78 is 25.2. The quantitative estimate of drug-likeness (QED) is 0.573. The van der Waals surface area contributed by atoms with Gasteiger partial charge in [-0.3, -0.25) is 0 Å². The van der Waals surface area contributed by atoms with Crippen LogP contribution in [0.4, 0.5) is 0 Å². The molecule has 0 bridgehead atoms. The summed E-state index contributed by atoms with van der Waals surface area (Å²) in [6, 6.07) is 0. The van der Waals surface area contributed by atoms with Crippen LogP contribution in [0.15, 0.2) is 0 Å². The molecular weight excluding hydrogens is 210 g/mol. The van der Waals surface area contributed by atoms with Crippen molar-refractivity contribution in [1.29, 1.82) is 0 Å². The Labute approximate surface area is 85.9 Å². The summed E-state index contributed by atoms with van der Waals surface area (Å²) in [5.41, 5.74) is -0.202. The van der Waals surface area contributed by atoms with Gasteiger partial charge in [0.05, 0.1) is 5.75 Å². The minimum atomic E-state index is -3.12. The second kappa shape index (κ2) is 5.17. The molecule has 0 rings (SSSR count). The predicted molar refractivity (Wildman–Crippen MR) is 56.6 cm³/mol. The number of hydrogen-bond acceptors (Lipinski definition) is 2. The maximum Gasteiger partial charge on any atom is 0.212 e. The van der Waals surface area contributed by atoms with E-state index in [4.69, 9.17) is 11.6 Å². The van der Waals surface area contributed by atoms with Crippen molar-refractivity contribution < 1.29 is 8.42 Å². The zero-order valence-corrected chi connectivity index (χ0v) is 10.0. The average Bonchev–Trinajstić information content (AvgIpc) is 1.81. The summed E-state index contributed by atoms with van der Waals surface area (Å²) in [7, 11) is -3.12. The van der Waals surface area contributed by atoms with Gasteiger partial charge in [0.25, 0.3) is 0 Å². The lowest BCUT2D eigenvalue weighted by molar-refractivity contribution is 0.458. The van der Waals surface area contributed by atoms with Crippen molar-refractivity contribution in [3.05, 3.63) is 0 Å².